The van der Waals surface area contributed by atoms with Crippen LogP contribution in [0.2, 0.25) is 5.02 Å². The Bertz CT molecular complexity index is 1540. The molecule has 0 unspecified atom stereocenters. The number of rotatable bonds is 11. The molecule has 0 aliphatic carbocycles. The van der Waals surface area contributed by atoms with Gasteiger partial charge < -0.3 is 20.7 Å². The number of para-hydroxylation sites is 1. The summed E-state index contributed by atoms with van der Waals surface area (Å²) in [5.74, 6) is -0.342. The highest BCUT2D eigenvalue weighted by atomic mass is 35.5. The zero-order chi connectivity index (χ0) is 29.0. The van der Waals surface area contributed by atoms with Gasteiger partial charge in [0.1, 0.15) is 11.4 Å². The van der Waals surface area contributed by atoms with Gasteiger partial charge in [0.05, 0.1) is 12.4 Å². The zero-order valence-corrected chi connectivity index (χ0v) is 23.8. The maximum atomic E-state index is 13.4. The predicted molar refractivity (Wildman–Crippen MR) is 165 cm³/mol. The number of nitrogens with one attached hydrogen (secondary N) is 3. The maximum Gasteiger partial charge on any atom is 0.272 e. The third-order valence-electron chi connectivity index (χ3n) is 5.64. The Labute approximate surface area is 248 Å². The van der Waals surface area contributed by atoms with E-state index in [1.165, 1.54) is 11.8 Å². The van der Waals surface area contributed by atoms with Crippen LogP contribution in [-0.4, -0.2) is 30.1 Å². The fraction of sp³-hybridized carbons (Fsp3) is 0.0938. The van der Waals surface area contributed by atoms with Crippen molar-refractivity contribution in [2.24, 2.45) is 0 Å². The Hall–Kier alpha value is -4.53. The number of benzene rings is 4. The number of halogens is 1. The molecule has 0 spiro atoms. The summed E-state index contributed by atoms with van der Waals surface area (Å²) in [6.07, 6.45) is 1.58. The topological polar surface area (TPSA) is 96.5 Å². The van der Waals surface area contributed by atoms with Crippen LogP contribution in [0.3, 0.4) is 0 Å². The lowest BCUT2D eigenvalue weighted by molar-refractivity contribution is -0.114. The summed E-state index contributed by atoms with van der Waals surface area (Å²) in [4.78, 5) is 39.6. The van der Waals surface area contributed by atoms with Crippen LogP contribution in [-0.2, 0) is 9.59 Å². The van der Waals surface area contributed by atoms with Crippen molar-refractivity contribution in [2.75, 3.05) is 23.0 Å². The molecule has 0 saturated heterocycles. The van der Waals surface area contributed by atoms with Gasteiger partial charge in [-0.3, -0.25) is 14.4 Å². The van der Waals surface area contributed by atoms with Crippen molar-refractivity contribution in [1.29, 1.82) is 0 Å². The van der Waals surface area contributed by atoms with Gasteiger partial charge in [-0.25, -0.2) is 0 Å². The molecule has 9 heteroatoms. The van der Waals surface area contributed by atoms with E-state index in [0.29, 0.717) is 39.9 Å². The highest BCUT2D eigenvalue weighted by Gasteiger charge is 2.16. The van der Waals surface area contributed by atoms with Crippen LogP contribution in [0, 0.1) is 0 Å². The quantitative estimate of drug-likeness (QED) is 0.132. The van der Waals surface area contributed by atoms with Gasteiger partial charge in [-0.15, -0.1) is 11.8 Å². The van der Waals surface area contributed by atoms with Crippen molar-refractivity contribution in [3.8, 4) is 5.75 Å². The molecule has 0 saturated carbocycles. The predicted octanol–water partition coefficient (Wildman–Crippen LogP) is 6.88. The number of hydrogen-bond acceptors (Lipinski definition) is 5. The molecule has 0 aliphatic rings. The highest BCUT2D eigenvalue weighted by molar-refractivity contribution is 8.00. The summed E-state index contributed by atoms with van der Waals surface area (Å²) in [6, 6.07) is 29.9. The van der Waals surface area contributed by atoms with E-state index >= 15 is 0 Å². The van der Waals surface area contributed by atoms with Gasteiger partial charge >= 0.3 is 0 Å². The molecule has 4 rings (SSSR count). The van der Waals surface area contributed by atoms with E-state index in [0.717, 1.165) is 4.90 Å². The fourth-order valence-electron chi connectivity index (χ4n) is 3.73. The average Bonchev–Trinajstić information content (AvgIpc) is 2.98. The summed E-state index contributed by atoms with van der Waals surface area (Å²) >= 11 is 7.22. The Morgan fingerprint density at radius 1 is 0.829 bits per heavy atom. The molecule has 208 valence electrons. The first-order chi connectivity index (χ1) is 19.9. The van der Waals surface area contributed by atoms with E-state index < -0.39 is 11.8 Å². The molecule has 7 nitrogen and oxygen atoms in total. The molecule has 0 radical (unpaired) electrons. The third-order valence-corrected chi connectivity index (χ3v) is 6.88. The molecule has 0 aromatic heterocycles. The maximum absolute atomic E-state index is 13.4. The number of carbonyl (C=O) groups is 3. The number of hydrogen-bond donors (Lipinski definition) is 3. The van der Waals surface area contributed by atoms with E-state index in [9.17, 15) is 14.4 Å². The number of ether oxygens (including phenoxy) is 1. The van der Waals surface area contributed by atoms with Crippen LogP contribution in [0.4, 0.5) is 11.4 Å². The molecule has 3 amide bonds. The van der Waals surface area contributed by atoms with Gasteiger partial charge in [0.25, 0.3) is 11.8 Å². The summed E-state index contributed by atoms with van der Waals surface area (Å²) in [6.45, 7) is 2.32. The number of thioether (sulfide) groups is 1. The van der Waals surface area contributed by atoms with Gasteiger partial charge in [-0.1, -0.05) is 54.1 Å². The normalized spacial score (nSPS) is 10.9. The van der Waals surface area contributed by atoms with Crippen molar-refractivity contribution >= 4 is 58.5 Å². The zero-order valence-electron chi connectivity index (χ0n) is 22.2. The van der Waals surface area contributed by atoms with Crippen molar-refractivity contribution in [1.82, 2.24) is 5.32 Å². The van der Waals surface area contributed by atoms with E-state index in [2.05, 4.69) is 16.0 Å². The lowest BCUT2D eigenvalue weighted by Gasteiger charge is -2.13. The third kappa shape index (κ3) is 8.99. The molecule has 3 N–H and O–H groups in total. The second kappa shape index (κ2) is 14.7. The summed E-state index contributed by atoms with van der Waals surface area (Å²) in [5, 5.41) is 9.01. The van der Waals surface area contributed by atoms with Crippen LogP contribution in [0.1, 0.15) is 22.8 Å². The minimum absolute atomic E-state index is 0.0476. The first-order valence-electron chi connectivity index (χ1n) is 12.8. The van der Waals surface area contributed by atoms with Crippen molar-refractivity contribution in [2.45, 2.75) is 11.8 Å². The smallest absolute Gasteiger partial charge is 0.272 e. The minimum Gasteiger partial charge on any atom is -0.493 e. The van der Waals surface area contributed by atoms with Gasteiger partial charge in [-0.05, 0) is 73.7 Å². The molecule has 0 atom stereocenters. The second-order valence-electron chi connectivity index (χ2n) is 8.67. The molecule has 0 heterocycles. The summed E-state index contributed by atoms with van der Waals surface area (Å²) in [7, 11) is 0. The molecule has 4 aromatic carbocycles. The molecular weight excluding hydrogens is 558 g/mol. The fourth-order valence-corrected chi connectivity index (χ4v) is 4.61. The van der Waals surface area contributed by atoms with Crippen LogP contribution in [0.25, 0.3) is 6.08 Å². The van der Waals surface area contributed by atoms with Gasteiger partial charge in [0, 0.05) is 32.4 Å². The molecule has 0 aliphatic heterocycles. The van der Waals surface area contributed by atoms with Gasteiger partial charge in [0.2, 0.25) is 5.91 Å². The summed E-state index contributed by atoms with van der Waals surface area (Å²) in [5.41, 5.74) is 2.27. The molecule has 4 aromatic rings. The Kier molecular flexibility index (Phi) is 10.6. The summed E-state index contributed by atoms with van der Waals surface area (Å²) < 4.78 is 5.70. The van der Waals surface area contributed by atoms with Gasteiger partial charge in [0.15, 0.2) is 0 Å². The monoisotopic (exact) mass is 585 g/mol. The van der Waals surface area contributed by atoms with Gasteiger partial charge in [-0.2, -0.15) is 0 Å². The van der Waals surface area contributed by atoms with Crippen molar-refractivity contribution < 1.29 is 19.1 Å². The molecule has 41 heavy (non-hydrogen) atoms. The molecular formula is C32H28ClN3O4S. The number of anilines is 2. The lowest BCUT2D eigenvalue weighted by atomic mass is 10.1. The SMILES string of the molecule is CCOc1ccccc1/C=C(/NC(=O)c1ccccc1)C(=O)Nc1cccc(SCC(=O)Nc2ccc(Cl)cc2)c1. The first-order valence-corrected chi connectivity index (χ1v) is 14.2. The molecule has 0 bridgehead atoms. The van der Waals surface area contributed by atoms with E-state index in [1.54, 1.807) is 84.9 Å². The van der Waals surface area contributed by atoms with Crippen LogP contribution in [0.5, 0.6) is 5.75 Å². The van der Waals surface area contributed by atoms with E-state index in [4.69, 9.17) is 16.3 Å². The Morgan fingerprint density at radius 2 is 1.56 bits per heavy atom. The number of amides is 3. The highest BCUT2D eigenvalue weighted by Crippen LogP contribution is 2.24. The van der Waals surface area contributed by atoms with E-state index in [1.807, 2.05) is 31.2 Å². The number of carbonyl (C=O) groups excluding carboxylic acids is 3. The van der Waals surface area contributed by atoms with E-state index in [-0.39, 0.29) is 17.4 Å². The van der Waals surface area contributed by atoms with Crippen molar-refractivity contribution in [3.63, 3.8) is 0 Å². The largest absolute Gasteiger partial charge is 0.493 e. The minimum atomic E-state index is -0.511. The van der Waals surface area contributed by atoms with Crippen LogP contribution in [0.15, 0.2) is 114 Å². The average molecular weight is 586 g/mol. The Balaban J connectivity index is 1.48. The standard InChI is InChI=1S/C32H28ClN3O4S/c1-2-40-29-14-7-6-11-23(29)19-28(36-31(38)22-9-4-3-5-10-22)32(39)35-26-12-8-13-27(20-26)41-21-30(37)34-25-17-15-24(33)16-18-25/h3-20H,2,21H2,1H3,(H,34,37)(H,35,39)(H,36,38)/b28-19+. The van der Waals surface area contributed by atoms with Crippen molar-refractivity contribution in [3.05, 3.63) is 125 Å². The second-order valence-corrected chi connectivity index (χ2v) is 10.2. The van der Waals surface area contributed by atoms with Crippen LogP contribution < -0.4 is 20.7 Å². The molecule has 0 fully saturated rings. The lowest BCUT2D eigenvalue weighted by Crippen LogP contribution is -2.30. The Morgan fingerprint density at radius 3 is 2.32 bits per heavy atom. The van der Waals surface area contributed by atoms with Crippen LogP contribution >= 0.6 is 23.4 Å². The first kappa shape index (κ1) is 29.5.